The van der Waals surface area contributed by atoms with Crippen LogP contribution in [0, 0.1) is 0 Å². The maximum Gasteiger partial charge on any atom is 0.254 e. The van der Waals surface area contributed by atoms with Crippen molar-refractivity contribution in [1.29, 1.82) is 0 Å². The van der Waals surface area contributed by atoms with Crippen molar-refractivity contribution in [1.82, 2.24) is 14.7 Å². The monoisotopic (exact) mass is 321 g/mol. The molecule has 1 N–H and O–H groups in total. The fraction of sp³-hybridized carbons (Fsp3) is 0.263. The molecule has 2 heterocycles. The molecule has 1 aliphatic heterocycles. The van der Waals surface area contributed by atoms with E-state index in [4.69, 9.17) is 0 Å². The van der Waals surface area contributed by atoms with Gasteiger partial charge in [0, 0.05) is 18.3 Å². The number of aryl methyl sites for hydroxylation is 1. The number of aliphatic hydroxyl groups is 1. The normalized spacial score (nSPS) is 17.5. The van der Waals surface area contributed by atoms with Crippen LogP contribution in [-0.2, 0) is 13.1 Å². The number of aromatic nitrogens is 2. The highest BCUT2D eigenvalue weighted by atomic mass is 16.3. The maximum atomic E-state index is 13.1. The average molecular weight is 321 g/mol. The molecule has 5 nitrogen and oxygen atoms in total. The summed E-state index contributed by atoms with van der Waals surface area (Å²) in [5.41, 5.74) is 1.65. The number of carbonyl (C=O) groups excluding carboxylic acids is 1. The second-order valence-electron chi connectivity index (χ2n) is 6.17. The summed E-state index contributed by atoms with van der Waals surface area (Å²) in [4.78, 5) is 14.9. The molecular weight excluding hydrogens is 302 g/mol. The highest BCUT2D eigenvalue weighted by Gasteiger charge is 2.28. The van der Waals surface area contributed by atoms with Crippen molar-refractivity contribution in [2.24, 2.45) is 0 Å². The molecule has 0 aliphatic carbocycles. The van der Waals surface area contributed by atoms with E-state index in [1.54, 1.807) is 11.1 Å². The molecular formula is C19H19N3O2. The van der Waals surface area contributed by atoms with Crippen LogP contribution in [0.4, 0.5) is 0 Å². The Hall–Kier alpha value is -2.66. The minimum atomic E-state index is -0.189. The molecule has 2 aromatic carbocycles. The van der Waals surface area contributed by atoms with E-state index >= 15 is 0 Å². The molecule has 122 valence electrons. The van der Waals surface area contributed by atoms with Crippen LogP contribution in [-0.4, -0.2) is 38.3 Å². The Morgan fingerprint density at radius 2 is 2.00 bits per heavy atom. The van der Waals surface area contributed by atoms with Crippen molar-refractivity contribution in [2.45, 2.75) is 25.6 Å². The molecule has 4 rings (SSSR count). The number of hydrogen-bond acceptors (Lipinski definition) is 3. The van der Waals surface area contributed by atoms with Crippen LogP contribution in [0.2, 0.25) is 0 Å². The SMILES string of the molecule is O=C(c1ccc2ccccc2c1)N1Cc2ccnn2CCC1CO. The first kappa shape index (κ1) is 14.9. The first-order chi connectivity index (χ1) is 11.8. The van der Waals surface area contributed by atoms with Crippen LogP contribution in [0.15, 0.2) is 54.7 Å². The molecule has 0 saturated heterocycles. The van der Waals surface area contributed by atoms with E-state index in [1.807, 2.05) is 53.2 Å². The zero-order valence-corrected chi connectivity index (χ0v) is 13.3. The summed E-state index contributed by atoms with van der Waals surface area (Å²) in [5, 5.41) is 16.2. The fourth-order valence-corrected chi connectivity index (χ4v) is 3.34. The fourth-order valence-electron chi connectivity index (χ4n) is 3.34. The van der Waals surface area contributed by atoms with Crippen molar-refractivity contribution in [3.8, 4) is 0 Å². The van der Waals surface area contributed by atoms with Crippen LogP contribution in [0.25, 0.3) is 10.8 Å². The third kappa shape index (κ3) is 2.57. The van der Waals surface area contributed by atoms with Gasteiger partial charge in [0.05, 0.1) is 24.9 Å². The van der Waals surface area contributed by atoms with Gasteiger partial charge in [-0.15, -0.1) is 0 Å². The Balaban J connectivity index is 1.69. The zero-order valence-electron chi connectivity index (χ0n) is 13.3. The van der Waals surface area contributed by atoms with Gasteiger partial charge in [-0.1, -0.05) is 30.3 Å². The number of rotatable bonds is 2. The van der Waals surface area contributed by atoms with Gasteiger partial charge in [-0.05, 0) is 35.4 Å². The van der Waals surface area contributed by atoms with E-state index in [0.29, 0.717) is 18.5 Å². The van der Waals surface area contributed by atoms with Gasteiger partial charge < -0.3 is 10.0 Å². The Morgan fingerprint density at radius 3 is 2.83 bits per heavy atom. The van der Waals surface area contributed by atoms with E-state index in [1.165, 1.54) is 0 Å². The summed E-state index contributed by atoms with van der Waals surface area (Å²) in [6.45, 7) is 1.15. The number of benzene rings is 2. The standard InChI is InChI=1S/C19H19N3O2/c23-13-18-8-10-22-17(7-9-20-22)12-21(18)19(24)16-6-5-14-3-1-2-4-15(14)11-16/h1-7,9,11,18,23H,8,10,12-13H2. The highest BCUT2D eigenvalue weighted by Crippen LogP contribution is 2.22. The number of aliphatic hydroxyl groups excluding tert-OH is 1. The van der Waals surface area contributed by atoms with Gasteiger partial charge in [-0.25, -0.2) is 0 Å². The lowest BCUT2D eigenvalue weighted by molar-refractivity contribution is 0.0568. The minimum absolute atomic E-state index is 0.0375. The molecule has 1 unspecified atom stereocenters. The topological polar surface area (TPSA) is 58.4 Å². The molecule has 0 fully saturated rings. The highest BCUT2D eigenvalue weighted by molar-refractivity contribution is 5.98. The molecule has 0 saturated carbocycles. The molecule has 0 spiro atoms. The first-order valence-corrected chi connectivity index (χ1v) is 8.17. The van der Waals surface area contributed by atoms with E-state index in [-0.39, 0.29) is 18.6 Å². The van der Waals surface area contributed by atoms with Crippen LogP contribution >= 0.6 is 0 Å². The number of nitrogens with zero attached hydrogens (tertiary/aromatic N) is 3. The van der Waals surface area contributed by atoms with E-state index in [9.17, 15) is 9.90 Å². The Kier molecular flexibility index (Phi) is 3.78. The largest absolute Gasteiger partial charge is 0.394 e. The molecule has 24 heavy (non-hydrogen) atoms. The van der Waals surface area contributed by atoms with Crippen LogP contribution < -0.4 is 0 Å². The Labute approximate surface area is 140 Å². The molecule has 0 bridgehead atoms. The summed E-state index contributed by atoms with van der Waals surface area (Å²) >= 11 is 0. The van der Waals surface area contributed by atoms with Crippen molar-refractivity contribution >= 4 is 16.7 Å². The average Bonchev–Trinajstić information content (AvgIpc) is 3.00. The predicted octanol–water partition coefficient (Wildman–Crippen LogP) is 2.44. The number of hydrogen-bond donors (Lipinski definition) is 1. The quantitative estimate of drug-likeness (QED) is 0.789. The lowest BCUT2D eigenvalue weighted by Crippen LogP contribution is -2.41. The number of amides is 1. The third-order valence-electron chi connectivity index (χ3n) is 4.72. The third-order valence-corrected chi connectivity index (χ3v) is 4.72. The summed E-state index contributed by atoms with van der Waals surface area (Å²) in [6, 6.07) is 15.5. The lowest BCUT2D eigenvalue weighted by atomic mass is 10.0. The number of carbonyl (C=O) groups is 1. The molecule has 1 aliphatic rings. The minimum Gasteiger partial charge on any atom is -0.394 e. The predicted molar refractivity (Wildman–Crippen MR) is 91.5 cm³/mol. The van der Waals surface area contributed by atoms with Crippen LogP contribution in [0.1, 0.15) is 22.5 Å². The van der Waals surface area contributed by atoms with E-state index < -0.39 is 0 Å². The lowest BCUT2D eigenvalue weighted by Gasteiger charge is -2.28. The second kappa shape index (κ2) is 6.09. The number of fused-ring (bicyclic) bond motifs is 2. The molecule has 5 heteroatoms. The Bertz CT molecular complexity index is 887. The van der Waals surface area contributed by atoms with Crippen molar-refractivity contribution < 1.29 is 9.90 Å². The van der Waals surface area contributed by atoms with Gasteiger partial charge in [-0.2, -0.15) is 5.10 Å². The van der Waals surface area contributed by atoms with Gasteiger partial charge in [0.15, 0.2) is 0 Å². The van der Waals surface area contributed by atoms with Crippen molar-refractivity contribution in [3.05, 3.63) is 66.0 Å². The van der Waals surface area contributed by atoms with E-state index in [0.717, 1.165) is 23.0 Å². The Morgan fingerprint density at radius 1 is 1.17 bits per heavy atom. The molecule has 0 radical (unpaired) electrons. The van der Waals surface area contributed by atoms with Crippen molar-refractivity contribution in [3.63, 3.8) is 0 Å². The maximum absolute atomic E-state index is 13.1. The molecule has 1 aromatic heterocycles. The van der Waals surface area contributed by atoms with Crippen LogP contribution in [0.5, 0.6) is 0 Å². The smallest absolute Gasteiger partial charge is 0.254 e. The van der Waals surface area contributed by atoms with E-state index in [2.05, 4.69) is 5.10 Å². The van der Waals surface area contributed by atoms with Gasteiger partial charge in [0.1, 0.15) is 0 Å². The first-order valence-electron chi connectivity index (χ1n) is 8.17. The molecule has 1 atom stereocenters. The summed E-state index contributed by atoms with van der Waals surface area (Å²) in [7, 11) is 0. The van der Waals surface area contributed by atoms with Crippen molar-refractivity contribution in [2.75, 3.05) is 6.61 Å². The van der Waals surface area contributed by atoms with Crippen LogP contribution in [0.3, 0.4) is 0 Å². The second-order valence-corrected chi connectivity index (χ2v) is 6.17. The molecule has 3 aromatic rings. The summed E-state index contributed by atoms with van der Waals surface area (Å²) < 4.78 is 1.91. The summed E-state index contributed by atoms with van der Waals surface area (Å²) in [5.74, 6) is -0.0468. The zero-order chi connectivity index (χ0) is 16.5. The van der Waals surface area contributed by atoms with Gasteiger partial charge in [0.25, 0.3) is 5.91 Å². The van der Waals surface area contributed by atoms with Gasteiger partial charge in [0.2, 0.25) is 0 Å². The van der Waals surface area contributed by atoms with Gasteiger partial charge in [-0.3, -0.25) is 9.48 Å². The molecule has 1 amide bonds. The summed E-state index contributed by atoms with van der Waals surface area (Å²) in [6.07, 6.45) is 2.46. The van der Waals surface area contributed by atoms with Gasteiger partial charge >= 0.3 is 0 Å².